The van der Waals surface area contributed by atoms with E-state index in [-0.39, 0.29) is 5.75 Å². The lowest BCUT2D eigenvalue weighted by Crippen LogP contribution is -2.11. The monoisotopic (exact) mass is 282 g/mol. The summed E-state index contributed by atoms with van der Waals surface area (Å²) in [6.45, 7) is 2.09. The predicted octanol–water partition coefficient (Wildman–Crippen LogP) is 2.91. The average molecular weight is 282 g/mol. The number of rotatable bonds is 3. The lowest BCUT2D eigenvalue weighted by molar-refractivity contribution is 0.0515. The van der Waals surface area contributed by atoms with Crippen LogP contribution in [0.25, 0.3) is 16.5 Å². The molecule has 3 rings (SSSR count). The fraction of sp³-hybridized carbons (Fsp3) is 0.125. The van der Waals surface area contributed by atoms with Crippen LogP contribution in [-0.2, 0) is 4.74 Å². The Kier molecular flexibility index (Phi) is 3.31. The van der Waals surface area contributed by atoms with Crippen molar-refractivity contribution in [3.8, 4) is 11.4 Å². The Bertz CT molecular complexity index is 808. The molecule has 21 heavy (non-hydrogen) atoms. The van der Waals surface area contributed by atoms with E-state index >= 15 is 0 Å². The molecule has 0 saturated carbocycles. The van der Waals surface area contributed by atoms with Crippen molar-refractivity contribution >= 4 is 16.7 Å². The van der Waals surface area contributed by atoms with E-state index in [1.54, 1.807) is 36.0 Å². The number of hydrogen-bond donors (Lipinski definition) is 1. The normalized spacial score (nSPS) is 10.7. The quantitative estimate of drug-likeness (QED) is 0.750. The maximum Gasteiger partial charge on any atom is 0.357 e. The van der Waals surface area contributed by atoms with Crippen LogP contribution in [0.3, 0.4) is 0 Å². The first-order valence-electron chi connectivity index (χ1n) is 6.63. The van der Waals surface area contributed by atoms with E-state index in [1.165, 1.54) is 0 Å². The molecule has 5 heteroatoms. The average Bonchev–Trinajstić information content (AvgIpc) is 2.96. The largest absolute Gasteiger partial charge is 0.508 e. The summed E-state index contributed by atoms with van der Waals surface area (Å²) in [7, 11) is 0. The number of nitrogens with zero attached hydrogens (tertiary/aromatic N) is 2. The summed E-state index contributed by atoms with van der Waals surface area (Å²) in [5, 5.41) is 15.5. The number of fused-ring (bicyclic) bond motifs is 1. The molecule has 106 valence electrons. The van der Waals surface area contributed by atoms with E-state index in [2.05, 4.69) is 5.10 Å². The number of carbonyl (C=O) groups excluding carboxylic acids is 1. The molecule has 0 aliphatic heterocycles. The smallest absolute Gasteiger partial charge is 0.357 e. The Labute approximate surface area is 121 Å². The van der Waals surface area contributed by atoms with Crippen molar-refractivity contribution in [1.29, 1.82) is 0 Å². The van der Waals surface area contributed by atoms with Crippen LogP contribution in [0, 0.1) is 0 Å². The van der Waals surface area contributed by atoms with Crippen molar-refractivity contribution in [1.82, 2.24) is 9.78 Å². The Morgan fingerprint density at radius 2 is 1.95 bits per heavy atom. The van der Waals surface area contributed by atoms with E-state index < -0.39 is 5.97 Å². The van der Waals surface area contributed by atoms with Crippen LogP contribution in [-0.4, -0.2) is 27.5 Å². The van der Waals surface area contributed by atoms with E-state index in [0.717, 1.165) is 16.5 Å². The maximum atomic E-state index is 11.9. The number of esters is 1. The summed E-state index contributed by atoms with van der Waals surface area (Å²) in [6.07, 6.45) is 1.56. The third kappa shape index (κ3) is 2.45. The number of aromatic nitrogens is 2. The molecule has 0 saturated heterocycles. The number of ether oxygens (including phenoxy) is 1. The van der Waals surface area contributed by atoms with Crippen molar-refractivity contribution in [3.05, 3.63) is 54.4 Å². The topological polar surface area (TPSA) is 64.3 Å². The summed E-state index contributed by atoms with van der Waals surface area (Å²) in [5.41, 5.74) is 1.15. The lowest BCUT2D eigenvalue weighted by atomic mass is 10.1. The minimum atomic E-state index is -0.402. The molecule has 0 radical (unpaired) electrons. The molecule has 0 aliphatic rings. The zero-order valence-corrected chi connectivity index (χ0v) is 11.5. The molecular weight excluding hydrogens is 268 g/mol. The van der Waals surface area contributed by atoms with Crippen LogP contribution in [0.2, 0.25) is 0 Å². The van der Waals surface area contributed by atoms with E-state index in [4.69, 9.17) is 4.74 Å². The first kappa shape index (κ1) is 13.2. The van der Waals surface area contributed by atoms with Crippen LogP contribution < -0.4 is 0 Å². The fourth-order valence-electron chi connectivity index (χ4n) is 2.22. The molecule has 3 aromatic rings. The second kappa shape index (κ2) is 5.28. The first-order valence-corrected chi connectivity index (χ1v) is 6.63. The van der Waals surface area contributed by atoms with Crippen LogP contribution in [0.15, 0.2) is 48.7 Å². The molecule has 0 aliphatic carbocycles. The van der Waals surface area contributed by atoms with Crippen molar-refractivity contribution in [2.75, 3.05) is 6.61 Å². The van der Waals surface area contributed by atoms with Crippen molar-refractivity contribution in [2.45, 2.75) is 6.92 Å². The Balaban J connectivity index is 2.07. The highest BCUT2D eigenvalue weighted by Crippen LogP contribution is 2.23. The van der Waals surface area contributed by atoms with Gasteiger partial charge in [0.15, 0.2) is 5.69 Å². The fourth-order valence-corrected chi connectivity index (χ4v) is 2.22. The molecule has 1 aromatic heterocycles. The predicted molar refractivity (Wildman–Crippen MR) is 78.7 cm³/mol. The summed E-state index contributed by atoms with van der Waals surface area (Å²) in [4.78, 5) is 11.9. The number of phenolic OH excluding ortho intramolecular Hbond substituents is 1. The maximum absolute atomic E-state index is 11.9. The third-order valence-corrected chi connectivity index (χ3v) is 3.18. The number of carbonyl (C=O) groups is 1. The zero-order chi connectivity index (χ0) is 14.8. The van der Waals surface area contributed by atoms with Crippen LogP contribution in [0.4, 0.5) is 0 Å². The van der Waals surface area contributed by atoms with Gasteiger partial charge in [-0.15, -0.1) is 0 Å². The van der Waals surface area contributed by atoms with Crippen LogP contribution >= 0.6 is 0 Å². The molecule has 0 unspecified atom stereocenters. The second-order valence-corrected chi connectivity index (χ2v) is 4.56. The van der Waals surface area contributed by atoms with Gasteiger partial charge in [-0.2, -0.15) is 5.10 Å². The number of aromatic hydroxyl groups is 1. The highest BCUT2D eigenvalue weighted by molar-refractivity contribution is 5.89. The number of phenols is 1. The summed E-state index contributed by atoms with van der Waals surface area (Å²) in [6, 6.07) is 12.4. The van der Waals surface area contributed by atoms with Gasteiger partial charge in [0.05, 0.1) is 18.5 Å². The first-order chi connectivity index (χ1) is 10.2. The van der Waals surface area contributed by atoms with Crippen molar-refractivity contribution in [3.63, 3.8) is 0 Å². The Hall–Kier alpha value is -2.82. The van der Waals surface area contributed by atoms with Gasteiger partial charge in [0.25, 0.3) is 0 Å². The number of hydrogen-bond acceptors (Lipinski definition) is 4. The second-order valence-electron chi connectivity index (χ2n) is 4.56. The summed E-state index contributed by atoms with van der Waals surface area (Å²) < 4.78 is 6.56. The van der Waals surface area contributed by atoms with Crippen molar-refractivity contribution in [2.24, 2.45) is 0 Å². The molecule has 1 heterocycles. The minimum absolute atomic E-state index is 0.224. The zero-order valence-electron chi connectivity index (χ0n) is 11.5. The molecule has 2 aromatic carbocycles. The summed E-state index contributed by atoms with van der Waals surface area (Å²) in [5.74, 6) is -0.178. The van der Waals surface area contributed by atoms with Gasteiger partial charge >= 0.3 is 5.97 Å². The van der Waals surface area contributed by atoms with E-state index in [1.807, 2.05) is 24.3 Å². The summed E-state index contributed by atoms with van der Waals surface area (Å²) >= 11 is 0. The van der Waals surface area contributed by atoms with Gasteiger partial charge in [0.2, 0.25) is 0 Å². The van der Waals surface area contributed by atoms with Crippen LogP contribution in [0.1, 0.15) is 17.4 Å². The SMILES string of the molecule is CCOC(=O)c1ccnn1-c1ccc2cc(O)ccc2c1. The van der Waals surface area contributed by atoms with Gasteiger partial charge in [0, 0.05) is 0 Å². The van der Waals surface area contributed by atoms with E-state index in [0.29, 0.717) is 12.3 Å². The van der Waals surface area contributed by atoms with Gasteiger partial charge in [0.1, 0.15) is 5.75 Å². The molecule has 0 atom stereocenters. The van der Waals surface area contributed by atoms with Gasteiger partial charge in [-0.05, 0) is 48.0 Å². The molecule has 0 amide bonds. The molecule has 0 bridgehead atoms. The van der Waals surface area contributed by atoms with E-state index in [9.17, 15) is 9.90 Å². The Morgan fingerprint density at radius 3 is 2.76 bits per heavy atom. The Morgan fingerprint density at radius 1 is 1.19 bits per heavy atom. The third-order valence-electron chi connectivity index (χ3n) is 3.18. The lowest BCUT2D eigenvalue weighted by Gasteiger charge is -2.08. The highest BCUT2D eigenvalue weighted by Gasteiger charge is 2.14. The highest BCUT2D eigenvalue weighted by atomic mass is 16.5. The minimum Gasteiger partial charge on any atom is -0.508 e. The molecule has 1 N–H and O–H groups in total. The standard InChI is InChI=1S/C16H14N2O3/c1-2-21-16(20)15-7-8-17-18(15)13-5-3-12-10-14(19)6-4-11(12)9-13/h3-10,19H,2H2,1H3. The number of benzene rings is 2. The van der Waals surface area contributed by atoms with Gasteiger partial charge in [-0.25, -0.2) is 9.48 Å². The van der Waals surface area contributed by atoms with Gasteiger partial charge in [-0.3, -0.25) is 0 Å². The molecule has 0 fully saturated rings. The van der Waals surface area contributed by atoms with Gasteiger partial charge < -0.3 is 9.84 Å². The molecule has 0 spiro atoms. The van der Waals surface area contributed by atoms with Crippen molar-refractivity contribution < 1.29 is 14.6 Å². The van der Waals surface area contributed by atoms with Gasteiger partial charge in [-0.1, -0.05) is 12.1 Å². The van der Waals surface area contributed by atoms with Crippen LogP contribution in [0.5, 0.6) is 5.75 Å². The molecular formula is C16H14N2O3. The molecule has 5 nitrogen and oxygen atoms in total.